The molecule has 0 aliphatic carbocycles. The first-order valence-corrected chi connectivity index (χ1v) is 8.63. The monoisotopic (exact) mass is 340 g/mol. The predicted octanol–water partition coefficient (Wildman–Crippen LogP) is 2.12. The Morgan fingerprint density at radius 2 is 1.76 bits per heavy atom. The molecule has 0 aromatic heterocycles. The molecule has 1 amide bonds. The Labute approximate surface area is 148 Å². The van der Waals surface area contributed by atoms with E-state index in [0.717, 1.165) is 44.0 Å². The van der Waals surface area contributed by atoms with Gasteiger partial charge in [-0.1, -0.05) is 42.5 Å². The third-order valence-corrected chi connectivity index (χ3v) is 4.38. The minimum absolute atomic E-state index is 0.0206. The number of amides is 1. The minimum atomic E-state index is -0.0519. The Hall–Kier alpha value is -2.37. The largest absolute Gasteiger partial charge is 0.508 e. The molecule has 1 saturated heterocycles. The second kappa shape index (κ2) is 8.65. The number of nitrogens with zero attached hydrogens (tertiary/aromatic N) is 1. The summed E-state index contributed by atoms with van der Waals surface area (Å²) < 4.78 is 5.41. The fourth-order valence-electron chi connectivity index (χ4n) is 3.01. The highest BCUT2D eigenvalue weighted by atomic mass is 16.5. The lowest BCUT2D eigenvalue weighted by Crippen LogP contribution is -2.43. The Balaban J connectivity index is 1.65. The summed E-state index contributed by atoms with van der Waals surface area (Å²) in [6, 6.07) is 16.8. The lowest BCUT2D eigenvalue weighted by molar-refractivity contribution is -0.121. The van der Waals surface area contributed by atoms with E-state index in [1.807, 2.05) is 30.3 Å². The van der Waals surface area contributed by atoms with E-state index in [1.165, 1.54) is 0 Å². The van der Waals surface area contributed by atoms with E-state index < -0.39 is 0 Å². The lowest BCUT2D eigenvalue weighted by Gasteiger charge is -2.31. The number of aromatic hydroxyl groups is 1. The van der Waals surface area contributed by atoms with Gasteiger partial charge < -0.3 is 15.2 Å². The van der Waals surface area contributed by atoms with Crippen molar-refractivity contribution in [2.24, 2.45) is 0 Å². The Kier molecular flexibility index (Phi) is 6.04. The van der Waals surface area contributed by atoms with Crippen LogP contribution in [0.2, 0.25) is 0 Å². The summed E-state index contributed by atoms with van der Waals surface area (Å²) in [7, 11) is 0. The second-order valence-corrected chi connectivity index (χ2v) is 6.29. The molecule has 1 atom stereocenters. The number of carbonyl (C=O) groups excluding carboxylic acids is 1. The number of rotatable bonds is 6. The van der Waals surface area contributed by atoms with Gasteiger partial charge >= 0.3 is 0 Å². The van der Waals surface area contributed by atoms with Gasteiger partial charge in [-0.2, -0.15) is 0 Å². The summed E-state index contributed by atoms with van der Waals surface area (Å²) in [6.07, 6.45) is 0.298. The summed E-state index contributed by atoms with van der Waals surface area (Å²) in [5.41, 5.74) is 1.99. The number of morpholine rings is 1. The first-order chi connectivity index (χ1) is 12.2. The van der Waals surface area contributed by atoms with E-state index in [1.54, 1.807) is 24.3 Å². The highest BCUT2D eigenvalue weighted by Crippen LogP contribution is 2.16. The van der Waals surface area contributed by atoms with Crippen LogP contribution in [0.4, 0.5) is 0 Å². The van der Waals surface area contributed by atoms with Gasteiger partial charge in [0.25, 0.3) is 0 Å². The van der Waals surface area contributed by atoms with Crippen LogP contribution < -0.4 is 5.32 Å². The van der Waals surface area contributed by atoms with E-state index in [4.69, 9.17) is 4.74 Å². The molecule has 25 heavy (non-hydrogen) atoms. The molecular weight excluding hydrogens is 316 g/mol. The molecule has 2 aromatic rings. The summed E-state index contributed by atoms with van der Waals surface area (Å²) in [6.45, 7) is 4.02. The van der Waals surface area contributed by atoms with E-state index in [9.17, 15) is 9.90 Å². The minimum Gasteiger partial charge on any atom is -0.508 e. The summed E-state index contributed by atoms with van der Waals surface area (Å²) in [4.78, 5) is 14.8. The zero-order chi connectivity index (χ0) is 17.5. The second-order valence-electron chi connectivity index (χ2n) is 6.29. The standard InChI is InChI=1S/C20H24N2O3/c23-18-8-6-16(7-9-18)14-20(24)21-19(17-4-2-1-3-5-17)15-22-10-12-25-13-11-22/h1-9,19,23H,10-15H2,(H,21,24). The van der Waals surface area contributed by atoms with Gasteiger partial charge in [0.05, 0.1) is 25.7 Å². The number of nitrogens with one attached hydrogen (secondary N) is 1. The molecule has 1 unspecified atom stereocenters. The van der Waals surface area contributed by atoms with Crippen LogP contribution in [0.3, 0.4) is 0 Å². The van der Waals surface area contributed by atoms with Crippen LogP contribution in [0.5, 0.6) is 5.75 Å². The van der Waals surface area contributed by atoms with Crippen LogP contribution in [0.1, 0.15) is 17.2 Å². The molecule has 1 aliphatic heterocycles. The van der Waals surface area contributed by atoms with Crippen molar-refractivity contribution < 1.29 is 14.6 Å². The van der Waals surface area contributed by atoms with Crippen LogP contribution in [0.15, 0.2) is 54.6 Å². The van der Waals surface area contributed by atoms with Crippen molar-refractivity contribution in [1.29, 1.82) is 0 Å². The molecule has 0 saturated carbocycles. The van der Waals surface area contributed by atoms with Crippen LogP contribution in [0.25, 0.3) is 0 Å². The van der Waals surface area contributed by atoms with Crippen molar-refractivity contribution >= 4 is 5.91 Å². The summed E-state index contributed by atoms with van der Waals surface area (Å²) >= 11 is 0. The smallest absolute Gasteiger partial charge is 0.224 e. The molecule has 2 aromatic carbocycles. The molecule has 3 rings (SSSR count). The molecule has 2 N–H and O–H groups in total. The molecule has 5 heteroatoms. The normalized spacial score (nSPS) is 16.3. The number of phenolic OH excluding ortho intramolecular Hbond substituents is 1. The van der Waals surface area contributed by atoms with Crippen LogP contribution in [0, 0.1) is 0 Å². The maximum absolute atomic E-state index is 12.5. The van der Waals surface area contributed by atoms with Crippen LogP contribution in [-0.4, -0.2) is 48.8 Å². The SMILES string of the molecule is O=C(Cc1ccc(O)cc1)NC(CN1CCOCC1)c1ccccc1. The van der Waals surface area contributed by atoms with Gasteiger partial charge in [0.15, 0.2) is 0 Å². The number of phenols is 1. The number of hydrogen-bond acceptors (Lipinski definition) is 4. The quantitative estimate of drug-likeness (QED) is 0.846. The zero-order valence-electron chi connectivity index (χ0n) is 14.2. The van der Waals surface area contributed by atoms with Gasteiger partial charge in [0.2, 0.25) is 5.91 Å². The highest BCUT2D eigenvalue weighted by molar-refractivity contribution is 5.79. The molecule has 1 aliphatic rings. The Bertz CT molecular complexity index is 667. The summed E-state index contributed by atoms with van der Waals surface area (Å²) in [5, 5.41) is 12.5. The van der Waals surface area contributed by atoms with Crippen molar-refractivity contribution in [3.63, 3.8) is 0 Å². The predicted molar refractivity (Wildman–Crippen MR) is 96.4 cm³/mol. The number of benzene rings is 2. The first kappa shape index (κ1) is 17.5. The fraction of sp³-hybridized carbons (Fsp3) is 0.350. The molecular formula is C20H24N2O3. The average Bonchev–Trinajstić information content (AvgIpc) is 2.65. The van der Waals surface area contributed by atoms with Gasteiger partial charge in [-0.25, -0.2) is 0 Å². The maximum Gasteiger partial charge on any atom is 0.224 e. The van der Waals surface area contributed by atoms with E-state index >= 15 is 0 Å². The average molecular weight is 340 g/mol. The fourth-order valence-corrected chi connectivity index (χ4v) is 3.01. The molecule has 0 spiro atoms. The van der Waals surface area contributed by atoms with Crippen molar-refractivity contribution in [2.75, 3.05) is 32.8 Å². The third-order valence-electron chi connectivity index (χ3n) is 4.38. The van der Waals surface area contributed by atoms with Crippen molar-refractivity contribution in [3.8, 4) is 5.75 Å². The van der Waals surface area contributed by atoms with Gasteiger partial charge in [-0.3, -0.25) is 9.69 Å². The third kappa shape index (κ3) is 5.31. The van der Waals surface area contributed by atoms with Crippen LogP contribution >= 0.6 is 0 Å². The lowest BCUT2D eigenvalue weighted by atomic mass is 10.0. The summed E-state index contributed by atoms with van der Waals surface area (Å²) in [5.74, 6) is 0.187. The highest BCUT2D eigenvalue weighted by Gasteiger charge is 2.20. The van der Waals surface area contributed by atoms with Crippen molar-refractivity contribution in [3.05, 3.63) is 65.7 Å². The van der Waals surface area contributed by atoms with Crippen molar-refractivity contribution in [1.82, 2.24) is 10.2 Å². The van der Waals surface area contributed by atoms with E-state index in [-0.39, 0.29) is 17.7 Å². The molecule has 132 valence electrons. The van der Waals surface area contributed by atoms with Gasteiger partial charge in [-0.15, -0.1) is 0 Å². The molecule has 0 radical (unpaired) electrons. The number of ether oxygens (including phenoxy) is 1. The number of carbonyl (C=O) groups is 1. The first-order valence-electron chi connectivity index (χ1n) is 8.63. The number of hydrogen-bond donors (Lipinski definition) is 2. The van der Waals surface area contributed by atoms with Gasteiger partial charge in [0.1, 0.15) is 5.75 Å². The van der Waals surface area contributed by atoms with E-state index in [0.29, 0.717) is 6.42 Å². The van der Waals surface area contributed by atoms with Gasteiger partial charge in [-0.05, 0) is 23.3 Å². The molecule has 1 fully saturated rings. The van der Waals surface area contributed by atoms with Gasteiger partial charge in [0, 0.05) is 19.6 Å². The topological polar surface area (TPSA) is 61.8 Å². The van der Waals surface area contributed by atoms with E-state index in [2.05, 4.69) is 10.2 Å². The molecule has 1 heterocycles. The molecule has 5 nitrogen and oxygen atoms in total. The Morgan fingerprint density at radius 3 is 2.44 bits per heavy atom. The van der Waals surface area contributed by atoms with Crippen LogP contribution in [-0.2, 0) is 16.0 Å². The Morgan fingerprint density at radius 1 is 1.08 bits per heavy atom. The van der Waals surface area contributed by atoms with Crippen molar-refractivity contribution in [2.45, 2.75) is 12.5 Å². The maximum atomic E-state index is 12.5. The zero-order valence-corrected chi connectivity index (χ0v) is 14.2. The molecule has 0 bridgehead atoms.